The Morgan fingerprint density at radius 2 is 1.85 bits per heavy atom. The van der Waals surface area contributed by atoms with Gasteiger partial charge in [0.2, 0.25) is 0 Å². The molecule has 0 saturated carbocycles. The highest BCUT2D eigenvalue weighted by molar-refractivity contribution is 5.34. The van der Waals surface area contributed by atoms with E-state index in [1.54, 1.807) is 0 Å². The van der Waals surface area contributed by atoms with E-state index in [0.717, 1.165) is 11.6 Å². The van der Waals surface area contributed by atoms with Crippen molar-refractivity contribution >= 4 is 5.82 Å². The summed E-state index contributed by atoms with van der Waals surface area (Å²) in [6.45, 7) is 10.3. The Morgan fingerprint density at radius 3 is 2.08 bits per heavy atom. The van der Waals surface area contributed by atoms with E-state index in [0.29, 0.717) is 0 Å². The lowest BCUT2D eigenvalue weighted by Crippen LogP contribution is -2.09. The Bertz CT molecular complexity index is 235. The van der Waals surface area contributed by atoms with Gasteiger partial charge >= 0.3 is 0 Å². The molecule has 3 heteroatoms. The van der Waals surface area contributed by atoms with E-state index in [9.17, 15) is 0 Å². The van der Waals surface area contributed by atoms with Crippen LogP contribution in [0, 0.1) is 0 Å². The van der Waals surface area contributed by atoms with Gasteiger partial charge in [-0.2, -0.15) is 0 Å². The van der Waals surface area contributed by atoms with Crippen LogP contribution in [0.1, 0.15) is 40.4 Å². The lowest BCUT2D eigenvalue weighted by molar-refractivity contribution is 0.331. The molecule has 1 N–H and O–H groups in total. The fraction of sp³-hybridized carbons (Fsp3) is 0.700. The Labute approximate surface area is 80.5 Å². The standard InChI is InChI=1S/C8H14N2O.C2H6/c1-8(2,3)6-5-7(9-4)10-11-6;1-2/h5H,1-4H3,(H,9,10);1-2H3. The van der Waals surface area contributed by atoms with Crippen LogP contribution in [0.15, 0.2) is 10.6 Å². The van der Waals surface area contributed by atoms with Gasteiger partial charge in [-0.25, -0.2) is 0 Å². The highest BCUT2D eigenvalue weighted by atomic mass is 16.5. The molecule has 0 spiro atoms. The van der Waals surface area contributed by atoms with E-state index in [2.05, 4.69) is 31.2 Å². The minimum atomic E-state index is 0.0437. The van der Waals surface area contributed by atoms with E-state index in [1.807, 2.05) is 27.0 Å². The van der Waals surface area contributed by atoms with Gasteiger partial charge < -0.3 is 9.84 Å². The normalized spacial score (nSPS) is 10.3. The molecule has 0 fully saturated rings. The Balaban J connectivity index is 0.000000671. The van der Waals surface area contributed by atoms with Gasteiger partial charge in [0, 0.05) is 18.5 Å². The first-order valence-corrected chi connectivity index (χ1v) is 4.69. The van der Waals surface area contributed by atoms with Crippen molar-refractivity contribution in [2.45, 2.75) is 40.0 Å². The quantitative estimate of drug-likeness (QED) is 0.729. The summed E-state index contributed by atoms with van der Waals surface area (Å²) < 4.78 is 5.11. The van der Waals surface area contributed by atoms with Crippen LogP contribution in [0.2, 0.25) is 0 Å². The van der Waals surface area contributed by atoms with Gasteiger partial charge in [-0.1, -0.05) is 39.8 Å². The van der Waals surface area contributed by atoms with E-state index in [-0.39, 0.29) is 5.41 Å². The van der Waals surface area contributed by atoms with Crippen molar-refractivity contribution in [2.75, 3.05) is 12.4 Å². The average molecular weight is 184 g/mol. The molecule has 1 aromatic rings. The number of anilines is 1. The monoisotopic (exact) mass is 184 g/mol. The van der Waals surface area contributed by atoms with Gasteiger partial charge in [0.1, 0.15) is 5.76 Å². The highest BCUT2D eigenvalue weighted by Crippen LogP contribution is 2.23. The molecule has 0 amide bonds. The van der Waals surface area contributed by atoms with Crippen LogP contribution in [0.3, 0.4) is 0 Å². The van der Waals surface area contributed by atoms with Crippen LogP contribution < -0.4 is 5.32 Å². The van der Waals surface area contributed by atoms with Gasteiger partial charge in [-0.3, -0.25) is 0 Å². The van der Waals surface area contributed by atoms with Crippen LogP contribution >= 0.6 is 0 Å². The molecule has 1 rings (SSSR count). The lowest BCUT2D eigenvalue weighted by Gasteiger charge is -2.11. The van der Waals surface area contributed by atoms with Crippen molar-refractivity contribution < 1.29 is 4.52 Å². The molecule has 0 radical (unpaired) electrons. The third kappa shape index (κ3) is 3.49. The van der Waals surface area contributed by atoms with Crippen molar-refractivity contribution in [3.63, 3.8) is 0 Å². The number of rotatable bonds is 1. The molecule has 76 valence electrons. The Morgan fingerprint density at radius 1 is 1.31 bits per heavy atom. The minimum Gasteiger partial charge on any atom is -0.370 e. The first-order chi connectivity index (χ1) is 6.04. The minimum absolute atomic E-state index is 0.0437. The molecule has 0 unspecified atom stereocenters. The highest BCUT2D eigenvalue weighted by Gasteiger charge is 2.18. The van der Waals surface area contributed by atoms with Gasteiger partial charge in [0.15, 0.2) is 5.82 Å². The van der Waals surface area contributed by atoms with Crippen molar-refractivity contribution in [2.24, 2.45) is 0 Å². The largest absolute Gasteiger partial charge is 0.370 e. The number of hydrogen-bond donors (Lipinski definition) is 1. The van der Waals surface area contributed by atoms with E-state index >= 15 is 0 Å². The second kappa shape index (κ2) is 4.90. The molecule has 1 heterocycles. The molecule has 0 aromatic carbocycles. The maximum absolute atomic E-state index is 5.11. The van der Waals surface area contributed by atoms with Crippen LogP contribution in [0.5, 0.6) is 0 Å². The second-order valence-corrected chi connectivity index (χ2v) is 3.58. The molecular weight excluding hydrogens is 164 g/mol. The van der Waals surface area contributed by atoms with Crippen molar-refractivity contribution in [1.82, 2.24) is 5.16 Å². The van der Waals surface area contributed by atoms with Gasteiger partial charge in [-0.05, 0) is 0 Å². The topological polar surface area (TPSA) is 38.1 Å². The fourth-order valence-electron chi connectivity index (χ4n) is 0.746. The maximum Gasteiger partial charge on any atom is 0.169 e. The summed E-state index contributed by atoms with van der Waals surface area (Å²) in [6, 6.07) is 1.92. The van der Waals surface area contributed by atoms with Crippen LogP contribution in [-0.2, 0) is 5.41 Å². The fourth-order valence-corrected chi connectivity index (χ4v) is 0.746. The SMILES string of the molecule is CC.CNc1cc(C(C)(C)C)on1. The third-order valence-electron chi connectivity index (χ3n) is 1.51. The zero-order chi connectivity index (χ0) is 10.5. The predicted molar refractivity (Wildman–Crippen MR) is 56.1 cm³/mol. The molecule has 0 aliphatic heterocycles. The molecule has 3 nitrogen and oxygen atoms in total. The summed E-state index contributed by atoms with van der Waals surface area (Å²) in [4.78, 5) is 0. The summed E-state index contributed by atoms with van der Waals surface area (Å²) in [7, 11) is 1.82. The smallest absolute Gasteiger partial charge is 0.169 e. The predicted octanol–water partition coefficient (Wildman–Crippen LogP) is 3.04. The molecule has 0 aliphatic rings. The van der Waals surface area contributed by atoms with Crippen molar-refractivity contribution in [3.8, 4) is 0 Å². The van der Waals surface area contributed by atoms with Crippen LogP contribution in [-0.4, -0.2) is 12.2 Å². The molecule has 0 atom stereocenters. The molecule has 0 saturated heterocycles. The molecular formula is C10H20N2O. The first-order valence-electron chi connectivity index (χ1n) is 4.69. The lowest BCUT2D eigenvalue weighted by atomic mass is 9.93. The summed E-state index contributed by atoms with van der Waals surface area (Å²) in [6.07, 6.45) is 0. The first kappa shape index (κ1) is 12.0. The van der Waals surface area contributed by atoms with E-state index in [4.69, 9.17) is 4.52 Å². The van der Waals surface area contributed by atoms with Gasteiger partial charge in [0.25, 0.3) is 0 Å². The van der Waals surface area contributed by atoms with Crippen molar-refractivity contribution in [1.29, 1.82) is 0 Å². The van der Waals surface area contributed by atoms with Crippen LogP contribution in [0.4, 0.5) is 5.82 Å². The van der Waals surface area contributed by atoms with Crippen LogP contribution in [0.25, 0.3) is 0 Å². The zero-order valence-corrected chi connectivity index (χ0v) is 9.43. The van der Waals surface area contributed by atoms with E-state index in [1.165, 1.54) is 0 Å². The number of aromatic nitrogens is 1. The zero-order valence-electron chi connectivity index (χ0n) is 9.43. The molecule has 13 heavy (non-hydrogen) atoms. The molecule has 0 aliphatic carbocycles. The Hall–Kier alpha value is -0.990. The summed E-state index contributed by atoms with van der Waals surface area (Å²) in [5.41, 5.74) is 0.0437. The van der Waals surface area contributed by atoms with E-state index < -0.39 is 0 Å². The third-order valence-corrected chi connectivity index (χ3v) is 1.51. The molecule has 1 aromatic heterocycles. The van der Waals surface area contributed by atoms with Gasteiger partial charge in [-0.15, -0.1) is 0 Å². The van der Waals surface area contributed by atoms with Gasteiger partial charge in [0.05, 0.1) is 0 Å². The summed E-state index contributed by atoms with van der Waals surface area (Å²) >= 11 is 0. The van der Waals surface area contributed by atoms with Crippen molar-refractivity contribution in [3.05, 3.63) is 11.8 Å². The average Bonchev–Trinajstić information content (AvgIpc) is 2.54. The number of hydrogen-bond acceptors (Lipinski definition) is 3. The summed E-state index contributed by atoms with van der Waals surface area (Å²) in [5, 5.41) is 6.73. The summed E-state index contributed by atoms with van der Waals surface area (Å²) in [5.74, 6) is 1.69. The maximum atomic E-state index is 5.11. The molecule has 0 bridgehead atoms. The number of nitrogens with one attached hydrogen (secondary N) is 1. The second-order valence-electron chi connectivity index (χ2n) is 3.58. The number of nitrogens with zero attached hydrogens (tertiary/aromatic N) is 1. The Kier molecular flexibility index (Phi) is 4.52.